The highest BCUT2D eigenvalue weighted by Gasteiger charge is 2.06. The van der Waals surface area contributed by atoms with Gasteiger partial charge in [-0.2, -0.15) is 4.98 Å². The number of oxazole rings is 1. The van der Waals surface area contributed by atoms with Crippen LogP contribution in [0.2, 0.25) is 0 Å². The summed E-state index contributed by atoms with van der Waals surface area (Å²) in [6, 6.07) is 6.50. The van der Waals surface area contributed by atoms with E-state index < -0.39 is 0 Å². The van der Waals surface area contributed by atoms with Crippen LogP contribution in [0.4, 0.5) is 5.82 Å². The van der Waals surface area contributed by atoms with E-state index in [1.165, 1.54) is 12.3 Å². The van der Waals surface area contributed by atoms with Crippen LogP contribution in [0.25, 0.3) is 0 Å². The van der Waals surface area contributed by atoms with Crippen molar-refractivity contribution in [1.29, 1.82) is 0 Å². The molecule has 0 aliphatic rings. The fourth-order valence-electron chi connectivity index (χ4n) is 0.953. The molecule has 0 amide bonds. The number of phenolic OH excluding ortho intramolecular Hbond substituents is 1. The first-order chi connectivity index (χ1) is 6.75. The molecule has 0 radical (unpaired) electrons. The van der Waals surface area contributed by atoms with Crippen LogP contribution in [-0.2, 0) is 0 Å². The molecule has 5 nitrogen and oxygen atoms in total. The van der Waals surface area contributed by atoms with E-state index in [2.05, 4.69) is 4.98 Å². The van der Waals surface area contributed by atoms with Crippen molar-refractivity contribution < 1.29 is 14.3 Å². The summed E-state index contributed by atoms with van der Waals surface area (Å²) in [5, 5.41) is 9.35. The summed E-state index contributed by atoms with van der Waals surface area (Å²) in [5.74, 6) is 0.522. The van der Waals surface area contributed by atoms with Gasteiger partial charge in [0.25, 0.3) is 0 Å². The van der Waals surface area contributed by atoms with Crippen molar-refractivity contribution >= 4 is 5.82 Å². The predicted molar refractivity (Wildman–Crippen MR) is 49.1 cm³/mol. The first-order valence-corrected chi connectivity index (χ1v) is 3.92. The molecule has 0 fully saturated rings. The van der Waals surface area contributed by atoms with Gasteiger partial charge in [-0.15, -0.1) is 0 Å². The van der Waals surface area contributed by atoms with Gasteiger partial charge in [-0.05, 0) is 12.1 Å². The molecule has 1 aromatic carbocycles. The maximum Gasteiger partial charge on any atom is 0.401 e. The Morgan fingerprint density at radius 3 is 2.79 bits per heavy atom. The lowest BCUT2D eigenvalue weighted by atomic mass is 10.3. The monoisotopic (exact) mass is 192 g/mol. The van der Waals surface area contributed by atoms with E-state index in [0.717, 1.165) is 0 Å². The van der Waals surface area contributed by atoms with Gasteiger partial charge < -0.3 is 20.0 Å². The zero-order chi connectivity index (χ0) is 9.97. The fourth-order valence-corrected chi connectivity index (χ4v) is 0.953. The molecular weight excluding hydrogens is 184 g/mol. The van der Waals surface area contributed by atoms with E-state index >= 15 is 0 Å². The molecule has 0 bridgehead atoms. The molecule has 14 heavy (non-hydrogen) atoms. The highest BCUT2D eigenvalue weighted by molar-refractivity contribution is 5.39. The molecule has 0 saturated heterocycles. The highest BCUT2D eigenvalue weighted by Crippen LogP contribution is 2.29. The normalized spacial score (nSPS) is 10.0. The molecule has 5 heteroatoms. The van der Waals surface area contributed by atoms with E-state index in [9.17, 15) is 5.11 Å². The number of aromatic nitrogens is 1. The molecule has 1 aromatic heterocycles. The Bertz CT molecular complexity index is 439. The molecule has 0 aliphatic heterocycles. The average molecular weight is 192 g/mol. The minimum absolute atomic E-state index is 0.00370. The molecule has 2 rings (SSSR count). The molecular formula is C9H8N2O3. The molecule has 1 heterocycles. The number of nitrogen functional groups attached to an aromatic ring is 1. The van der Waals surface area contributed by atoms with Gasteiger partial charge in [0, 0.05) is 0 Å². The Morgan fingerprint density at radius 2 is 2.14 bits per heavy atom. The van der Waals surface area contributed by atoms with Gasteiger partial charge in [0.15, 0.2) is 17.3 Å². The summed E-state index contributed by atoms with van der Waals surface area (Å²) >= 11 is 0. The predicted octanol–water partition coefficient (Wildman–Crippen LogP) is 1.75. The number of anilines is 1. The van der Waals surface area contributed by atoms with E-state index in [1.54, 1.807) is 18.2 Å². The van der Waals surface area contributed by atoms with Gasteiger partial charge >= 0.3 is 6.08 Å². The van der Waals surface area contributed by atoms with Crippen LogP contribution in [0.1, 0.15) is 0 Å². The van der Waals surface area contributed by atoms with Gasteiger partial charge in [-0.1, -0.05) is 12.1 Å². The van der Waals surface area contributed by atoms with Crippen molar-refractivity contribution in [2.24, 2.45) is 0 Å². The number of nitrogens with two attached hydrogens (primary N) is 1. The minimum Gasteiger partial charge on any atom is -0.504 e. The summed E-state index contributed by atoms with van der Waals surface area (Å²) in [5.41, 5.74) is 5.32. The molecule has 2 aromatic rings. The lowest BCUT2D eigenvalue weighted by molar-refractivity contribution is 0.315. The second-order valence-corrected chi connectivity index (χ2v) is 2.61. The van der Waals surface area contributed by atoms with Crippen molar-refractivity contribution in [3.8, 4) is 17.6 Å². The third-order valence-electron chi connectivity index (χ3n) is 1.56. The maximum atomic E-state index is 9.35. The van der Waals surface area contributed by atoms with E-state index in [4.69, 9.17) is 14.9 Å². The third-order valence-corrected chi connectivity index (χ3v) is 1.56. The quantitative estimate of drug-likeness (QED) is 0.757. The number of hydrogen-bond acceptors (Lipinski definition) is 5. The fraction of sp³-hybridized carbons (Fsp3) is 0. The van der Waals surface area contributed by atoms with Crippen LogP contribution in [0.3, 0.4) is 0 Å². The first kappa shape index (κ1) is 8.43. The van der Waals surface area contributed by atoms with Crippen LogP contribution in [0.5, 0.6) is 17.6 Å². The van der Waals surface area contributed by atoms with Gasteiger partial charge in [0.1, 0.15) is 6.26 Å². The van der Waals surface area contributed by atoms with Crippen molar-refractivity contribution in [2.45, 2.75) is 0 Å². The Balaban J connectivity index is 2.23. The molecule has 0 aliphatic carbocycles. The second-order valence-electron chi connectivity index (χ2n) is 2.61. The van der Waals surface area contributed by atoms with Crippen LogP contribution in [0, 0.1) is 0 Å². The van der Waals surface area contributed by atoms with Crippen molar-refractivity contribution in [3.63, 3.8) is 0 Å². The second kappa shape index (κ2) is 3.29. The summed E-state index contributed by atoms with van der Waals surface area (Å²) in [4.78, 5) is 3.72. The van der Waals surface area contributed by atoms with Crippen LogP contribution < -0.4 is 10.5 Å². The van der Waals surface area contributed by atoms with Crippen LogP contribution in [-0.4, -0.2) is 10.1 Å². The van der Waals surface area contributed by atoms with Crippen molar-refractivity contribution in [2.75, 3.05) is 5.73 Å². The van der Waals surface area contributed by atoms with E-state index in [-0.39, 0.29) is 23.4 Å². The topological polar surface area (TPSA) is 81.5 Å². The van der Waals surface area contributed by atoms with Gasteiger partial charge in [0.05, 0.1) is 0 Å². The summed E-state index contributed by atoms with van der Waals surface area (Å²) in [7, 11) is 0. The number of rotatable bonds is 2. The molecule has 0 atom stereocenters. The van der Waals surface area contributed by atoms with Crippen LogP contribution >= 0.6 is 0 Å². The molecule has 0 saturated carbocycles. The SMILES string of the molecule is Nc1coc(Oc2ccccc2O)n1. The number of nitrogens with zero attached hydrogens (tertiary/aromatic N) is 1. The Labute approximate surface area is 79.8 Å². The Morgan fingerprint density at radius 1 is 1.36 bits per heavy atom. The number of hydrogen-bond donors (Lipinski definition) is 2. The van der Waals surface area contributed by atoms with Crippen molar-refractivity contribution in [1.82, 2.24) is 4.98 Å². The summed E-state index contributed by atoms with van der Waals surface area (Å²) in [6.07, 6.45) is 1.26. The standard InChI is InChI=1S/C9H8N2O3/c10-8-5-13-9(11-8)14-7-4-2-1-3-6(7)12/h1-5,12H,10H2. The average Bonchev–Trinajstić information content (AvgIpc) is 2.56. The number of para-hydroxylation sites is 2. The highest BCUT2D eigenvalue weighted by atomic mass is 16.6. The first-order valence-electron chi connectivity index (χ1n) is 3.92. The third kappa shape index (κ3) is 1.61. The number of ether oxygens (including phenoxy) is 1. The van der Waals surface area contributed by atoms with E-state index in [0.29, 0.717) is 0 Å². The molecule has 0 spiro atoms. The van der Waals surface area contributed by atoms with Gasteiger partial charge in [-0.3, -0.25) is 0 Å². The van der Waals surface area contributed by atoms with Gasteiger partial charge in [-0.25, -0.2) is 0 Å². The smallest absolute Gasteiger partial charge is 0.401 e. The Kier molecular flexibility index (Phi) is 1.98. The van der Waals surface area contributed by atoms with E-state index in [1.807, 2.05) is 0 Å². The Hall–Kier alpha value is -2.17. The van der Waals surface area contributed by atoms with Gasteiger partial charge in [0.2, 0.25) is 0 Å². The summed E-state index contributed by atoms with van der Waals surface area (Å²) in [6.45, 7) is 0. The number of phenols is 1. The lowest BCUT2D eigenvalue weighted by Gasteiger charge is -2.01. The zero-order valence-corrected chi connectivity index (χ0v) is 7.18. The molecule has 0 unspecified atom stereocenters. The molecule has 72 valence electrons. The summed E-state index contributed by atoms with van der Waals surface area (Å²) < 4.78 is 9.98. The number of aromatic hydroxyl groups is 1. The van der Waals surface area contributed by atoms with Crippen LogP contribution in [0.15, 0.2) is 34.9 Å². The zero-order valence-electron chi connectivity index (χ0n) is 7.18. The minimum atomic E-state index is 0.00370. The largest absolute Gasteiger partial charge is 0.504 e. The number of benzene rings is 1. The van der Waals surface area contributed by atoms with Crippen molar-refractivity contribution in [3.05, 3.63) is 30.5 Å². The molecule has 3 N–H and O–H groups in total. The maximum absolute atomic E-state index is 9.35. The lowest BCUT2D eigenvalue weighted by Crippen LogP contribution is -1.86.